The van der Waals surface area contributed by atoms with Gasteiger partial charge in [-0.3, -0.25) is 9.69 Å². The number of rotatable bonds is 4. The minimum absolute atomic E-state index is 0.0303. The Morgan fingerprint density at radius 3 is 2.50 bits per heavy atom. The number of nitrogens with zero attached hydrogens (tertiary/aromatic N) is 3. The molecule has 1 atom stereocenters. The van der Waals surface area contributed by atoms with E-state index in [1.807, 2.05) is 54.2 Å². The number of anilines is 2. The number of hydrogen-bond acceptors (Lipinski definition) is 5. The second-order valence-corrected chi connectivity index (χ2v) is 8.50. The lowest BCUT2D eigenvalue weighted by molar-refractivity contribution is -0.132. The summed E-state index contributed by atoms with van der Waals surface area (Å²) in [4.78, 5) is 19.9. The first-order valence-electron chi connectivity index (χ1n) is 9.51. The summed E-state index contributed by atoms with van der Waals surface area (Å²) in [5.74, 6) is -0.0415. The molecule has 2 aromatic carbocycles. The summed E-state index contributed by atoms with van der Waals surface area (Å²) in [6.07, 6.45) is 0.431. The number of fused-ring (bicyclic) bond motifs is 1. The summed E-state index contributed by atoms with van der Waals surface area (Å²) in [7, 11) is 4.01. The van der Waals surface area contributed by atoms with Crippen molar-refractivity contribution in [2.75, 3.05) is 50.5 Å². The zero-order valence-corrected chi connectivity index (χ0v) is 17.0. The standard InChI is InChI=1S/C21H25FN4OS/c1-24(2)16-8-6-15(7-9-16)14-19(27)25-10-12-26(13-11-25)21-23-20-17(22)4-3-5-18(20)28-21/h3-9,21,23H,10-14H2,1-2H3. The van der Waals surface area contributed by atoms with Gasteiger partial charge in [-0.1, -0.05) is 30.0 Å². The fourth-order valence-electron chi connectivity index (χ4n) is 3.59. The van der Waals surface area contributed by atoms with Crippen LogP contribution in [0.5, 0.6) is 0 Å². The second-order valence-electron chi connectivity index (χ2n) is 7.38. The number of halogens is 1. The maximum Gasteiger partial charge on any atom is 0.227 e. The van der Waals surface area contributed by atoms with Crippen molar-refractivity contribution < 1.29 is 9.18 Å². The highest BCUT2D eigenvalue weighted by Gasteiger charge is 2.31. The van der Waals surface area contributed by atoms with Crippen molar-refractivity contribution in [1.82, 2.24) is 9.80 Å². The number of piperazine rings is 1. The first-order chi connectivity index (χ1) is 13.5. The molecule has 0 aliphatic carbocycles. The Morgan fingerprint density at radius 1 is 1.14 bits per heavy atom. The smallest absolute Gasteiger partial charge is 0.227 e. The highest BCUT2D eigenvalue weighted by atomic mass is 32.2. The van der Waals surface area contributed by atoms with Crippen molar-refractivity contribution in [3.8, 4) is 0 Å². The van der Waals surface area contributed by atoms with E-state index in [4.69, 9.17) is 0 Å². The molecule has 1 saturated heterocycles. The summed E-state index contributed by atoms with van der Waals surface area (Å²) >= 11 is 1.64. The lowest BCUT2D eigenvalue weighted by atomic mass is 10.1. The van der Waals surface area contributed by atoms with E-state index in [0.29, 0.717) is 25.2 Å². The van der Waals surface area contributed by atoms with Crippen molar-refractivity contribution in [2.24, 2.45) is 0 Å². The van der Waals surface area contributed by atoms with Crippen LogP contribution in [0.3, 0.4) is 0 Å². The Morgan fingerprint density at radius 2 is 1.86 bits per heavy atom. The number of benzene rings is 2. The summed E-state index contributed by atoms with van der Waals surface area (Å²) in [6.45, 7) is 2.97. The molecular formula is C21H25FN4OS. The van der Waals surface area contributed by atoms with Gasteiger partial charge in [0.1, 0.15) is 11.3 Å². The van der Waals surface area contributed by atoms with Crippen molar-refractivity contribution in [3.63, 3.8) is 0 Å². The third kappa shape index (κ3) is 3.95. The fraction of sp³-hybridized carbons (Fsp3) is 0.381. The van der Waals surface area contributed by atoms with Crippen molar-refractivity contribution in [1.29, 1.82) is 0 Å². The maximum absolute atomic E-state index is 13.9. The molecule has 2 aromatic rings. The van der Waals surface area contributed by atoms with E-state index in [9.17, 15) is 9.18 Å². The van der Waals surface area contributed by atoms with Gasteiger partial charge in [0.05, 0.1) is 12.1 Å². The van der Waals surface area contributed by atoms with Crippen LogP contribution in [0.15, 0.2) is 47.4 Å². The lowest BCUT2D eigenvalue weighted by Crippen LogP contribution is -2.52. The molecule has 1 unspecified atom stereocenters. The van der Waals surface area contributed by atoms with Crippen LogP contribution in [0, 0.1) is 5.82 Å². The fourth-order valence-corrected chi connectivity index (χ4v) is 4.79. The molecule has 0 spiro atoms. The number of para-hydroxylation sites is 1. The number of nitrogens with one attached hydrogen (secondary N) is 1. The van der Waals surface area contributed by atoms with E-state index in [1.54, 1.807) is 17.8 Å². The molecule has 28 heavy (non-hydrogen) atoms. The van der Waals surface area contributed by atoms with Gasteiger partial charge in [-0.15, -0.1) is 0 Å². The van der Waals surface area contributed by atoms with Gasteiger partial charge in [0.15, 0.2) is 0 Å². The predicted molar refractivity (Wildman–Crippen MR) is 112 cm³/mol. The van der Waals surface area contributed by atoms with E-state index in [0.717, 1.165) is 29.2 Å². The van der Waals surface area contributed by atoms with Gasteiger partial charge in [0.2, 0.25) is 5.91 Å². The topological polar surface area (TPSA) is 38.8 Å². The Labute approximate surface area is 169 Å². The van der Waals surface area contributed by atoms with Crippen LogP contribution in [0.4, 0.5) is 15.8 Å². The number of thioether (sulfide) groups is 1. The molecule has 0 radical (unpaired) electrons. The first-order valence-corrected chi connectivity index (χ1v) is 10.4. The van der Waals surface area contributed by atoms with Crippen molar-refractivity contribution in [2.45, 2.75) is 16.8 Å². The molecule has 1 N–H and O–H groups in total. The van der Waals surface area contributed by atoms with Crippen molar-refractivity contribution in [3.05, 3.63) is 53.8 Å². The molecule has 2 heterocycles. The molecule has 2 aliphatic heterocycles. The minimum Gasteiger partial charge on any atom is -0.378 e. The van der Waals surface area contributed by atoms with Crippen molar-refractivity contribution >= 4 is 29.0 Å². The quantitative estimate of drug-likeness (QED) is 0.854. The number of carbonyl (C=O) groups is 1. The van der Waals surface area contributed by atoms with E-state index in [1.165, 1.54) is 6.07 Å². The van der Waals surface area contributed by atoms with Crippen LogP contribution in [-0.4, -0.2) is 61.5 Å². The Bertz CT molecular complexity index is 850. The van der Waals surface area contributed by atoms with E-state index in [-0.39, 0.29) is 17.2 Å². The van der Waals surface area contributed by atoms with Crippen LogP contribution in [0.25, 0.3) is 0 Å². The molecule has 1 amide bonds. The van der Waals surface area contributed by atoms with Gasteiger partial charge in [0, 0.05) is 50.9 Å². The molecule has 7 heteroatoms. The lowest BCUT2D eigenvalue weighted by Gasteiger charge is -2.37. The average molecular weight is 401 g/mol. The zero-order chi connectivity index (χ0) is 19.7. The Hall–Kier alpha value is -2.25. The molecule has 4 rings (SSSR count). The van der Waals surface area contributed by atoms with Crippen LogP contribution < -0.4 is 10.2 Å². The van der Waals surface area contributed by atoms with Gasteiger partial charge in [-0.2, -0.15) is 0 Å². The largest absolute Gasteiger partial charge is 0.378 e. The highest BCUT2D eigenvalue weighted by molar-refractivity contribution is 8.00. The van der Waals surface area contributed by atoms with E-state index >= 15 is 0 Å². The molecule has 0 bridgehead atoms. The molecule has 148 valence electrons. The molecular weight excluding hydrogens is 375 g/mol. The van der Waals surface area contributed by atoms with Gasteiger partial charge in [-0.25, -0.2) is 4.39 Å². The van der Waals surface area contributed by atoms with Gasteiger partial charge < -0.3 is 15.1 Å². The predicted octanol–water partition coefficient (Wildman–Crippen LogP) is 3.08. The molecule has 5 nitrogen and oxygen atoms in total. The molecule has 2 aliphatic rings. The second kappa shape index (κ2) is 8.01. The molecule has 1 fully saturated rings. The maximum atomic E-state index is 13.9. The molecule has 0 aromatic heterocycles. The van der Waals surface area contributed by atoms with Crippen LogP contribution >= 0.6 is 11.8 Å². The highest BCUT2D eigenvalue weighted by Crippen LogP contribution is 2.41. The van der Waals surface area contributed by atoms with Gasteiger partial charge in [-0.05, 0) is 29.8 Å². The summed E-state index contributed by atoms with van der Waals surface area (Å²) in [6, 6.07) is 13.3. The Kier molecular flexibility index (Phi) is 5.46. The van der Waals surface area contributed by atoms with Gasteiger partial charge in [0.25, 0.3) is 0 Å². The SMILES string of the molecule is CN(C)c1ccc(CC(=O)N2CCN(C3Nc4c(F)cccc4S3)CC2)cc1. The average Bonchev–Trinajstić information content (AvgIpc) is 3.14. The van der Waals surface area contributed by atoms with E-state index in [2.05, 4.69) is 10.2 Å². The summed E-state index contributed by atoms with van der Waals surface area (Å²) < 4.78 is 13.9. The van der Waals surface area contributed by atoms with Crippen LogP contribution in [-0.2, 0) is 11.2 Å². The number of carbonyl (C=O) groups excluding carboxylic acids is 1. The van der Waals surface area contributed by atoms with Gasteiger partial charge >= 0.3 is 0 Å². The first kappa shape index (κ1) is 19.1. The Balaban J connectivity index is 1.29. The summed E-state index contributed by atoms with van der Waals surface area (Å²) in [5.41, 5.74) is 2.79. The minimum atomic E-state index is -0.207. The third-order valence-electron chi connectivity index (χ3n) is 5.29. The monoisotopic (exact) mass is 400 g/mol. The molecule has 0 saturated carbocycles. The zero-order valence-electron chi connectivity index (χ0n) is 16.2. The summed E-state index contributed by atoms with van der Waals surface area (Å²) in [5, 5.41) is 3.28. The third-order valence-corrected chi connectivity index (χ3v) is 6.52. The number of amides is 1. The van der Waals surface area contributed by atoms with E-state index < -0.39 is 0 Å². The van der Waals surface area contributed by atoms with Crippen LogP contribution in [0.1, 0.15) is 5.56 Å². The number of hydrogen-bond donors (Lipinski definition) is 1. The van der Waals surface area contributed by atoms with Crippen LogP contribution in [0.2, 0.25) is 0 Å². The normalized spacial score (nSPS) is 19.2.